The van der Waals surface area contributed by atoms with Crippen LogP contribution in [0.3, 0.4) is 0 Å². The Labute approximate surface area is 112 Å². The predicted octanol–water partition coefficient (Wildman–Crippen LogP) is 4.08. The SMILES string of the molecule is CC(CC(F)(F)F)n1c(=S)[nH]c2ccc(C#N)cc21. The number of aromatic nitrogens is 2. The van der Waals surface area contributed by atoms with Crippen LogP contribution in [0.2, 0.25) is 0 Å². The summed E-state index contributed by atoms with van der Waals surface area (Å²) in [6, 6.07) is 5.90. The van der Waals surface area contributed by atoms with Crippen molar-refractivity contribution in [3.8, 4) is 6.07 Å². The quantitative estimate of drug-likeness (QED) is 0.845. The van der Waals surface area contributed by atoms with Gasteiger partial charge in [-0.25, -0.2) is 0 Å². The van der Waals surface area contributed by atoms with Crippen molar-refractivity contribution in [1.82, 2.24) is 9.55 Å². The van der Waals surface area contributed by atoms with E-state index in [1.807, 2.05) is 6.07 Å². The minimum atomic E-state index is -4.26. The first-order valence-electron chi connectivity index (χ1n) is 5.53. The number of imidazole rings is 1. The molecule has 2 rings (SSSR count). The van der Waals surface area contributed by atoms with Gasteiger partial charge in [0.2, 0.25) is 0 Å². The van der Waals surface area contributed by atoms with Gasteiger partial charge in [-0.15, -0.1) is 0 Å². The van der Waals surface area contributed by atoms with Crippen LogP contribution in [0, 0.1) is 16.1 Å². The molecule has 100 valence electrons. The van der Waals surface area contributed by atoms with Gasteiger partial charge >= 0.3 is 6.18 Å². The van der Waals surface area contributed by atoms with Crippen molar-refractivity contribution in [2.45, 2.75) is 25.6 Å². The number of nitrogens with zero attached hydrogens (tertiary/aromatic N) is 2. The van der Waals surface area contributed by atoms with Gasteiger partial charge in [0.25, 0.3) is 0 Å². The van der Waals surface area contributed by atoms with Crippen molar-refractivity contribution in [3.63, 3.8) is 0 Å². The molecule has 0 bridgehead atoms. The summed E-state index contributed by atoms with van der Waals surface area (Å²) in [5.74, 6) is 0. The standard InChI is InChI=1S/C12H10F3N3S/c1-7(5-12(13,14)15)18-10-4-8(6-16)2-3-9(10)17-11(18)19/h2-4,7H,5H2,1H3,(H,17,19). The van der Waals surface area contributed by atoms with Crippen LogP contribution < -0.4 is 0 Å². The average Bonchev–Trinajstić information content (AvgIpc) is 2.61. The molecule has 0 saturated heterocycles. The monoisotopic (exact) mass is 285 g/mol. The van der Waals surface area contributed by atoms with E-state index >= 15 is 0 Å². The van der Waals surface area contributed by atoms with Crippen LogP contribution in [0.5, 0.6) is 0 Å². The number of hydrogen-bond donors (Lipinski definition) is 1. The first kappa shape index (κ1) is 13.6. The van der Waals surface area contributed by atoms with Crippen LogP contribution in [0.25, 0.3) is 11.0 Å². The lowest BCUT2D eigenvalue weighted by Gasteiger charge is -2.16. The van der Waals surface area contributed by atoms with Crippen LogP contribution in [0.15, 0.2) is 18.2 Å². The molecule has 1 aromatic heterocycles. The molecule has 0 amide bonds. The molecule has 7 heteroatoms. The molecule has 0 aliphatic heterocycles. The summed E-state index contributed by atoms with van der Waals surface area (Å²) in [7, 11) is 0. The van der Waals surface area contributed by atoms with Crippen molar-refractivity contribution in [2.75, 3.05) is 0 Å². The number of halogens is 3. The summed E-state index contributed by atoms with van der Waals surface area (Å²) >= 11 is 5.06. The number of rotatable bonds is 2. The van der Waals surface area contributed by atoms with Gasteiger partial charge in [-0.05, 0) is 37.3 Å². The van der Waals surface area contributed by atoms with Crippen LogP contribution in [-0.2, 0) is 0 Å². The molecular formula is C12H10F3N3S. The maximum Gasteiger partial charge on any atom is 0.391 e. The van der Waals surface area contributed by atoms with Crippen LogP contribution in [0.4, 0.5) is 13.2 Å². The molecule has 1 N–H and O–H groups in total. The molecule has 19 heavy (non-hydrogen) atoms. The van der Waals surface area contributed by atoms with Gasteiger partial charge in [-0.1, -0.05) is 0 Å². The maximum atomic E-state index is 12.5. The Morgan fingerprint density at radius 3 is 2.74 bits per heavy atom. The summed E-state index contributed by atoms with van der Waals surface area (Å²) in [5, 5.41) is 8.84. The third-order valence-corrected chi connectivity index (χ3v) is 3.11. The molecule has 0 spiro atoms. The van der Waals surface area contributed by atoms with Crippen LogP contribution in [-0.4, -0.2) is 15.7 Å². The number of hydrogen-bond acceptors (Lipinski definition) is 2. The van der Waals surface area contributed by atoms with E-state index < -0.39 is 18.6 Å². The van der Waals surface area contributed by atoms with Gasteiger partial charge in [0, 0.05) is 6.04 Å². The Hall–Kier alpha value is -1.81. The van der Waals surface area contributed by atoms with Gasteiger partial charge < -0.3 is 9.55 Å². The van der Waals surface area contributed by atoms with E-state index in [-0.39, 0.29) is 4.77 Å². The van der Waals surface area contributed by atoms with Crippen molar-refractivity contribution in [2.24, 2.45) is 0 Å². The van der Waals surface area contributed by atoms with E-state index in [2.05, 4.69) is 4.98 Å². The number of nitrogens with one attached hydrogen (secondary N) is 1. The van der Waals surface area contributed by atoms with E-state index in [1.54, 1.807) is 12.1 Å². The second-order valence-corrected chi connectivity index (χ2v) is 4.70. The molecule has 2 aromatic rings. The molecule has 1 heterocycles. The third kappa shape index (κ3) is 2.79. The van der Waals surface area contributed by atoms with E-state index in [1.165, 1.54) is 17.6 Å². The Morgan fingerprint density at radius 1 is 1.47 bits per heavy atom. The van der Waals surface area contributed by atoms with Crippen molar-refractivity contribution >= 4 is 23.3 Å². The van der Waals surface area contributed by atoms with E-state index in [0.717, 1.165) is 0 Å². The normalized spacial score (nSPS) is 13.4. The van der Waals surface area contributed by atoms with Gasteiger partial charge in [0.1, 0.15) is 0 Å². The molecule has 0 fully saturated rings. The number of fused-ring (bicyclic) bond motifs is 1. The molecule has 0 radical (unpaired) electrons. The molecule has 0 aliphatic rings. The lowest BCUT2D eigenvalue weighted by molar-refractivity contribution is -0.141. The van der Waals surface area contributed by atoms with Gasteiger partial charge in [-0.2, -0.15) is 18.4 Å². The number of H-pyrrole nitrogens is 1. The fourth-order valence-corrected chi connectivity index (χ4v) is 2.44. The molecule has 0 saturated carbocycles. The van der Waals surface area contributed by atoms with Crippen molar-refractivity contribution in [3.05, 3.63) is 28.5 Å². The van der Waals surface area contributed by atoms with Gasteiger partial charge in [-0.3, -0.25) is 0 Å². The highest BCUT2D eigenvalue weighted by Gasteiger charge is 2.31. The largest absolute Gasteiger partial charge is 0.391 e. The van der Waals surface area contributed by atoms with Gasteiger partial charge in [0.15, 0.2) is 4.77 Å². The van der Waals surface area contributed by atoms with Crippen LogP contribution >= 0.6 is 12.2 Å². The van der Waals surface area contributed by atoms with Crippen molar-refractivity contribution < 1.29 is 13.2 Å². The van der Waals surface area contributed by atoms with E-state index in [9.17, 15) is 13.2 Å². The maximum absolute atomic E-state index is 12.5. The Bertz CT molecular complexity index is 706. The molecule has 1 atom stereocenters. The Morgan fingerprint density at radius 2 is 2.16 bits per heavy atom. The zero-order chi connectivity index (χ0) is 14.2. The lowest BCUT2D eigenvalue weighted by atomic mass is 10.2. The highest BCUT2D eigenvalue weighted by Crippen LogP contribution is 2.30. The summed E-state index contributed by atoms with van der Waals surface area (Å²) in [6.45, 7) is 1.45. The average molecular weight is 285 g/mol. The smallest absolute Gasteiger partial charge is 0.331 e. The van der Waals surface area contributed by atoms with E-state index in [4.69, 9.17) is 17.5 Å². The molecule has 1 aromatic carbocycles. The second kappa shape index (κ2) is 4.70. The minimum absolute atomic E-state index is 0.224. The summed E-state index contributed by atoms with van der Waals surface area (Å²) in [5.41, 5.74) is 1.52. The molecular weight excluding hydrogens is 275 g/mol. The molecule has 1 unspecified atom stereocenters. The predicted molar refractivity (Wildman–Crippen MR) is 67.2 cm³/mol. The van der Waals surface area contributed by atoms with E-state index in [0.29, 0.717) is 16.6 Å². The first-order valence-corrected chi connectivity index (χ1v) is 5.94. The third-order valence-electron chi connectivity index (χ3n) is 2.81. The highest BCUT2D eigenvalue weighted by atomic mass is 32.1. The number of alkyl halides is 3. The fourth-order valence-electron chi connectivity index (χ4n) is 2.05. The van der Waals surface area contributed by atoms with Crippen LogP contribution in [0.1, 0.15) is 24.9 Å². The lowest BCUT2D eigenvalue weighted by Crippen LogP contribution is -2.16. The molecule has 3 nitrogen and oxygen atoms in total. The zero-order valence-corrected chi connectivity index (χ0v) is 10.8. The summed E-state index contributed by atoms with van der Waals surface area (Å²) in [4.78, 5) is 2.85. The number of benzene rings is 1. The molecule has 0 aliphatic carbocycles. The second-order valence-electron chi connectivity index (χ2n) is 4.31. The Kier molecular flexibility index (Phi) is 3.37. The number of nitriles is 1. The summed E-state index contributed by atoms with van der Waals surface area (Å²) in [6.07, 6.45) is -5.23. The van der Waals surface area contributed by atoms with Gasteiger partial charge in [0.05, 0.1) is 29.1 Å². The highest BCUT2D eigenvalue weighted by molar-refractivity contribution is 7.71. The topological polar surface area (TPSA) is 44.5 Å². The minimum Gasteiger partial charge on any atom is -0.331 e. The summed E-state index contributed by atoms with van der Waals surface area (Å²) < 4.78 is 39.0. The first-order chi connectivity index (χ1) is 8.81. The Balaban J connectivity index is 2.56. The van der Waals surface area contributed by atoms with Crippen molar-refractivity contribution in [1.29, 1.82) is 5.26 Å². The fraction of sp³-hybridized carbons (Fsp3) is 0.333. The zero-order valence-electron chi connectivity index (χ0n) is 9.95. The number of aromatic amines is 1.